The van der Waals surface area contributed by atoms with Gasteiger partial charge in [-0.15, -0.1) is 0 Å². The molecule has 0 fully saturated rings. The zero-order valence-electron chi connectivity index (χ0n) is 23.2. The third-order valence-corrected chi connectivity index (χ3v) is 6.90. The maximum Gasteiger partial charge on any atom is 0.355 e. The number of ether oxygens (including phenoxy) is 3. The van der Waals surface area contributed by atoms with Crippen molar-refractivity contribution in [3.63, 3.8) is 0 Å². The van der Waals surface area contributed by atoms with E-state index in [4.69, 9.17) is 14.2 Å². The molecule has 0 aliphatic rings. The second kappa shape index (κ2) is 12.5. The van der Waals surface area contributed by atoms with E-state index in [-0.39, 0.29) is 12.6 Å². The lowest BCUT2D eigenvalue weighted by Crippen LogP contribution is -2.14. The van der Waals surface area contributed by atoms with Crippen LogP contribution < -0.4 is 9.47 Å². The highest BCUT2D eigenvalue weighted by Crippen LogP contribution is 2.36. The van der Waals surface area contributed by atoms with Crippen molar-refractivity contribution >= 4 is 16.9 Å². The molecule has 6 heteroatoms. The van der Waals surface area contributed by atoms with Crippen molar-refractivity contribution in [2.75, 3.05) is 20.3 Å². The summed E-state index contributed by atoms with van der Waals surface area (Å²) in [4.78, 5) is 17.9. The Balaban J connectivity index is 1.55. The molecule has 0 spiro atoms. The summed E-state index contributed by atoms with van der Waals surface area (Å²) in [7, 11) is 1.59. The maximum absolute atomic E-state index is 13.5. The Morgan fingerprint density at radius 1 is 0.875 bits per heavy atom. The summed E-state index contributed by atoms with van der Waals surface area (Å²) in [5.41, 5.74) is 6.38. The van der Waals surface area contributed by atoms with Gasteiger partial charge in [0, 0.05) is 40.8 Å². The number of fused-ring (bicyclic) bond motifs is 1. The molecule has 5 aromatic rings. The van der Waals surface area contributed by atoms with E-state index in [0.717, 1.165) is 63.9 Å². The monoisotopic (exact) mass is 534 g/mol. The molecular formula is C34H34N2O4. The number of unbranched alkanes of at least 4 members (excludes halogenated alkanes) is 1. The number of carbonyl (C=O) groups excluding carboxylic acids is 1. The molecule has 3 aromatic carbocycles. The molecule has 0 aliphatic heterocycles. The molecule has 0 bridgehead atoms. The molecular weight excluding hydrogens is 500 g/mol. The van der Waals surface area contributed by atoms with Crippen LogP contribution in [0.2, 0.25) is 0 Å². The fraction of sp³-hybridized carbons (Fsp3) is 0.235. The van der Waals surface area contributed by atoms with Gasteiger partial charge in [-0.25, -0.2) is 9.78 Å². The highest BCUT2D eigenvalue weighted by Gasteiger charge is 2.25. The number of benzene rings is 3. The molecule has 0 amide bonds. The van der Waals surface area contributed by atoms with Gasteiger partial charge in [0.2, 0.25) is 5.88 Å². The van der Waals surface area contributed by atoms with Crippen LogP contribution in [0.15, 0.2) is 91.1 Å². The molecule has 0 radical (unpaired) electrons. The number of esters is 1. The van der Waals surface area contributed by atoms with Crippen LogP contribution in [0.1, 0.15) is 42.7 Å². The quantitative estimate of drug-likeness (QED) is 0.128. The SMILES string of the molecule is CCCCOc1ccc(-c2cccc(Cn3c(C(=O)OCC)c(-c4ccc(OC)nc4)c4ccccc43)c2)cc1. The summed E-state index contributed by atoms with van der Waals surface area (Å²) < 4.78 is 18.7. The van der Waals surface area contributed by atoms with E-state index in [1.54, 1.807) is 19.4 Å². The van der Waals surface area contributed by atoms with E-state index in [9.17, 15) is 4.79 Å². The topological polar surface area (TPSA) is 62.6 Å². The molecule has 0 N–H and O–H groups in total. The van der Waals surface area contributed by atoms with Crippen LogP contribution >= 0.6 is 0 Å². The van der Waals surface area contributed by atoms with Crippen LogP contribution in [-0.4, -0.2) is 35.8 Å². The van der Waals surface area contributed by atoms with Crippen molar-refractivity contribution in [3.05, 3.63) is 102 Å². The van der Waals surface area contributed by atoms with Crippen LogP contribution in [-0.2, 0) is 11.3 Å². The first-order chi connectivity index (χ1) is 19.6. The van der Waals surface area contributed by atoms with Crippen molar-refractivity contribution in [2.45, 2.75) is 33.2 Å². The number of hydrogen-bond acceptors (Lipinski definition) is 5. The number of para-hydroxylation sites is 1. The molecule has 2 aromatic heterocycles. The van der Waals surface area contributed by atoms with E-state index >= 15 is 0 Å². The van der Waals surface area contributed by atoms with Gasteiger partial charge in [-0.05, 0) is 60.4 Å². The highest BCUT2D eigenvalue weighted by atomic mass is 16.5. The number of aromatic nitrogens is 2. The molecule has 40 heavy (non-hydrogen) atoms. The van der Waals surface area contributed by atoms with E-state index < -0.39 is 0 Å². The van der Waals surface area contributed by atoms with E-state index in [2.05, 4.69) is 52.9 Å². The third-order valence-electron chi connectivity index (χ3n) is 6.90. The van der Waals surface area contributed by atoms with Crippen LogP contribution in [0.25, 0.3) is 33.2 Å². The minimum atomic E-state index is -0.362. The predicted octanol–water partition coefficient (Wildman–Crippen LogP) is 7.78. The Morgan fingerprint density at radius 2 is 1.68 bits per heavy atom. The smallest absolute Gasteiger partial charge is 0.355 e. The molecule has 5 rings (SSSR count). The summed E-state index contributed by atoms with van der Waals surface area (Å²) in [5.74, 6) is 1.04. The highest BCUT2D eigenvalue weighted by molar-refractivity contribution is 6.08. The van der Waals surface area contributed by atoms with Gasteiger partial charge >= 0.3 is 5.97 Å². The first kappa shape index (κ1) is 27.0. The van der Waals surface area contributed by atoms with Gasteiger partial charge < -0.3 is 18.8 Å². The largest absolute Gasteiger partial charge is 0.494 e. The molecule has 204 valence electrons. The van der Waals surface area contributed by atoms with Crippen LogP contribution in [0.5, 0.6) is 11.6 Å². The Labute approximate surface area is 235 Å². The molecule has 0 aliphatic carbocycles. The Kier molecular flexibility index (Phi) is 8.45. The number of hydrogen-bond donors (Lipinski definition) is 0. The minimum Gasteiger partial charge on any atom is -0.494 e. The van der Waals surface area contributed by atoms with Gasteiger partial charge in [0.25, 0.3) is 0 Å². The summed E-state index contributed by atoms with van der Waals surface area (Å²) in [5, 5.41) is 0.965. The number of nitrogens with zero attached hydrogens (tertiary/aromatic N) is 2. The van der Waals surface area contributed by atoms with E-state index in [0.29, 0.717) is 18.1 Å². The first-order valence-electron chi connectivity index (χ1n) is 13.7. The van der Waals surface area contributed by atoms with Gasteiger partial charge in [-0.1, -0.05) is 61.9 Å². The summed E-state index contributed by atoms with van der Waals surface area (Å²) in [6.45, 7) is 5.50. The molecule has 0 saturated carbocycles. The summed E-state index contributed by atoms with van der Waals surface area (Å²) in [6.07, 6.45) is 3.89. The third kappa shape index (κ3) is 5.71. The van der Waals surface area contributed by atoms with Crippen LogP contribution in [0, 0.1) is 0 Å². The molecule has 6 nitrogen and oxygen atoms in total. The maximum atomic E-state index is 13.5. The number of pyridine rings is 1. The second-order valence-electron chi connectivity index (χ2n) is 9.56. The van der Waals surface area contributed by atoms with Crippen molar-refractivity contribution in [1.29, 1.82) is 0 Å². The number of carbonyl (C=O) groups is 1. The van der Waals surface area contributed by atoms with Crippen LogP contribution in [0.4, 0.5) is 0 Å². The van der Waals surface area contributed by atoms with Crippen molar-refractivity contribution in [2.24, 2.45) is 0 Å². The van der Waals surface area contributed by atoms with Gasteiger partial charge in [-0.3, -0.25) is 0 Å². The fourth-order valence-electron chi connectivity index (χ4n) is 4.93. The number of rotatable bonds is 11. The first-order valence-corrected chi connectivity index (χ1v) is 13.7. The fourth-order valence-corrected chi connectivity index (χ4v) is 4.93. The Bertz CT molecular complexity index is 1590. The Hall–Kier alpha value is -4.58. The second-order valence-corrected chi connectivity index (χ2v) is 9.56. The average molecular weight is 535 g/mol. The lowest BCUT2D eigenvalue weighted by molar-refractivity contribution is 0.0516. The van der Waals surface area contributed by atoms with Crippen molar-refractivity contribution in [1.82, 2.24) is 9.55 Å². The number of methoxy groups -OCH3 is 1. The molecule has 2 heterocycles. The Morgan fingerprint density at radius 3 is 2.40 bits per heavy atom. The normalized spacial score (nSPS) is 11.0. The van der Waals surface area contributed by atoms with Gasteiger partial charge in [0.15, 0.2) is 0 Å². The summed E-state index contributed by atoms with van der Waals surface area (Å²) in [6, 6.07) is 28.4. The van der Waals surface area contributed by atoms with Crippen molar-refractivity contribution < 1.29 is 19.0 Å². The predicted molar refractivity (Wildman–Crippen MR) is 159 cm³/mol. The van der Waals surface area contributed by atoms with Crippen LogP contribution in [0.3, 0.4) is 0 Å². The lowest BCUT2D eigenvalue weighted by atomic mass is 10.0. The van der Waals surface area contributed by atoms with E-state index in [1.807, 2.05) is 49.4 Å². The molecule has 0 saturated heterocycles. The van der Waals surface area contributed by atoms with Gasteiger partial charge in [0.1, 0.15) is 11.4 Å². The molecule has 0 atom stereocenters. The average Bonchev–Trinajstić information content (AvgIpc) is 3.32. The zero-order valence-corrected chi connectivity index (χ0v) is 23.2. The van der Waals surface area contributed by atoms with Gasteiger partial charge in [0.05, 0.1) is 20.3 Å². The van der Waals surface area contributed by atoms with Gasteiger partial charge in [-0.2, -0.15) is 0 Å². The molecule has 0 unspecified atom stereocenters. The zero-order chi connectivity index (χ0) is 27.9. The lowest BCUT2D eigenvalue weighted by Gasteiger charge is -2.13. The van der Waals surface area contributed by atoms with E-state index in [1.165, 1.54) is 0 Å². The standard InChI is InChI=1S/C34H34N2O4/c1-4-6-20-40-28-17-14-25(15-18-28)26-11-9-10-24(21-26)23-36-30-13-8-7-12-29(30)32(33(36)34(37)39-5-2)27-16-19-31(38-3)35-22-27/h7-19,21-22H,4-6,20,23H2,1-3H3. The van der Waals surface area contributed by atoms with Crippen molar-refractivity contribution in [3.8, 4) is 33.9 Å². The minimum absolute atomic E-state index is 0.286. The summed E-state index contributed by atoms with van der Waals surface area (Å²) >= 11 is 0.